The average molecular weight is 329 g/mol. The largest absolute Gasteiger partial charge is 0.353 e. The average Bonchev–Trinajstić information content (AvgIpc) is 2.97. The van der Waals surface area contributed by atoms with Crippen LogP contribution in [-0.2, 0) is 0 Å². The lowest BCUT2D eigenvalue weighted by atomic mass is 10.1. The molecule has 0 aliphatic carbocycles. The topological polar surface area (TPSA) is 119 Å². The summed E-state index contributed by atoms with van der Waals surface area (Å²) in [5.74, 6) is 0. The molecule has 120 valence electrons. The van der Waals surface area contributed by atoms with Crippen molar-refractivity contribution in [1.82, 2.24) is 4.98 Å². The molecule has 0 aliphatic heterocycles. The summed E-state index contributed by atoms with van der Waals surface area (Å²) in [5.41, 5.74) is 2.73. The van der Waals surface area contributed by atoms with Crippen LogP contribution < -0.4 is 5.32 Å². The fourth-order valence-corrected chi connectivity index (χ4v) is 2.45. The third-order valence-electron chi connectivity index (χ3n) is 3.61. The summed E-state index contributed by atoms with van der Waals surface area (Å²) in [6, 6.07) is 17.2. The van der Waals surface area contributed by atoms with Crippen molar-refractivity contribution in [3.8, 4) is 12.1 Å². The van der Waals surface area contributed by atoms with E-state index in [1.165, 1.54) is 18.2 Å². The highest BCUT2D eigenvalue weighted by molar-refractivity contribution is 5.99. The lowest BCUT2D eigenvalue weighted by Crippen LogP contribution is -1.93. The Bertz CT molecular complexity index is 1050. The molecule has 3 rings (SSSR count). The molecule has 1 aromatic heterocycles. The number of nitro benzene ring substituents is 1. The number of H-pyrrole nitrogens is 1. The molecule has 0 bridgehead atoms. The maximum atomic E-state index is 10.8. The SMILES string of the molecule is N#CC(C#N)=Cc1[nH]c2ccccc2c1Nc1ccc([N+](=O)[O-])cc1. The predicted octanol–water partition coefficient (Wildman–Crippen LogP) is 4.25. The number of aromatic amines is 1. The van der Waals surface area contributed by atoms with Crippen LogP contribution in [-0.4, -0.2) is 9.91 Å². The molecule has 0 unspecified atom stereocenters. The van der Waals surface area contributed by atoms with Crippen molar-refractivity contribution in [2.24, 2.45) is 0 Å². The van der Waals surface area contributed by atoms with Crippen LogP contribution in [0.1, 0.15) is 5.69 Å². The second kappa shape index (κ2) is 6.57. The van der Waals surface area contributed by atoms with Crippen molar-refractivity contribution in [3.05, 3.63) is 69.9 Å². The Labute approximate surface area is 142 Å². The summed E-state index contributed by atoms with van der Waals surface area (Å²) < 4.78 is 0. The molecule has 1 heterocycles. The highest BCUT2D eigenvalue weighted by Crippen LogP contribution is 2.32. The van der Waals surface area contributed by atoms with Gasteiger partial charge in [0, 0.05) is 28.7 Å². The van der Waals surface area contributed by atoms with Crippen molar-refractivity contribution in [2.45, 2.75) is 0 Å². The van der Waals surface area contributed by atoms with E-state index in [9.17, 15) is 10.1 Å². The summed E-state index contributed by atoms with van der Waals surface area (Å²) in [6.45, 7) is 0. The lowest BCUT2D eigenvalue weighted by molar-refractivity contribution is -0.384. The molecule has 3 aromatic rings. The van der Waals surface area contributed by atoms with Crippen LogP contribution in [0.4, 0.5) is 17.1 Å². The molecule has 2 N–H and O–H groups in total. The minimum absolute atomic E-state index is 0.000781. The van der Waals surface area contributed by atoms with E-state index in [4.69, 9.17) is 10.5 Å². The van der Waals surface area contributed by atoms with Crippen LogP contribution in [0, 0.1) is 32.8 Å². The third kappa shape index (κ3) is 3.16. The molecule has 0 spiro atoms. The summed E-state index contributed by atoms with van der Waals surface area (Å²) >= 11 is 0. The lowest BCUT2D eigenvalue weighted by Gasteiger charge is -2.07. The maximum Gasteiger partial charge on any atom is 0.269 e. The van der Waals surface area contributed by atoms with Gasteiger partial charge < -0.3 is 10.3 Å². The van der Waals surface area contributed by atoms with E-state index in [0.717, 1.165) is 10.9 Å². The number of nitro groups is 1. The smallest absolute Gasteiger partial charge is 0.269 e. The standard InChI is InChI=1S/C18H11N5O2/c19-10-12(11-20)9-17-18(15-3-1-2-4-16(15)22-17)21-13-5-7-14(8-6-13)23(24)25/h1-9,21-22H. The minimum atomic E-state index is -0.463. The molecule has 0 fully saturated rings. The van der Waals surface area contributed by atoms with Gasteiger partial charge in [-0.25, -0.2) is 0 Å². The molecule has 0 saturated heterocycles. The number of rotatable bonds is 4. The van der Waals surface area contributed by atoms with E-state index in [0.29, 0.717) is 17.1 Å². The van der Waals surface area contributed by atoms with Crippen LogP contribution in [0.2, 0.25) is 0 Å². The van der Waals surface area contributed by atoms with Crippen LogP contribution in [0.3, 0.4) is 0 Å². The van der Waals surface area contributed by atoms with Crippen molar-refractivity contribution >= 4 is 34.0 Å². The Morgan fingerprint density at radius 1 is 1.12 bits per heavy atom. The number of non-ortho nitro benzene ring substituents is 1. The number of allylic oxidation sites excluding steroid dienone is 1. The second-order valence-electron chi connectivity index (χ2n) is 5.17. The Balaban J connectivity index is 2.08. The summed E-state index contributed by atoms with van der Waals surface area (Å²) in [6.07, 6.45) is 1.47. The maximum absolute atomic E-state index is 10.8. The van der Waals surface area contributed by atoms with Crippen LogP contribution in [0.25, 0.3) is 17.0 Å². The molecule has 0 aliphatic rings. The van der Waals surface area contributed by atoms with Crippen molar-refractivity contribution in [1.29, 1.82) is 10.5 Å². The van der Waals surface area contributed by atoms with Gasteiger partial charge in [-0.2, -0.15) is 10.5 Å². The molecule has 0 atom stereocenters. The van der Waals surface area contributed by atoms with Crippen LogP contribution >= 0.6 is 0 Å². The first-order valence-electron chi connectivity index (χ1n) is 7.26. The summed E-state index contributed by atoms with van der Waals surface area (Å²) in [5, 5.41) is 32.8. The molecule has 25 heavy (non-hydrogen) atoms. The number of para-hydroxylation sites is 1. The monoisotopic (exact) mass is 329 g/mol. The number of anilines is 2. The molecule has 2 aromatic carbocycles. The van der Waals surface area contributed by atoms with Gasteiger partial charge in [-0.3, -0.25) is 10.1 Å². The molecule has 0 saturated carbocycles. The van der Waals surface area contributed by atoms with E-state index in [2.05, 4.69) is 10.3 Å². The van der Waals surface area contributed by atoms with Gasteiger partial charge in [0.05, 0.1) is 16.3 Å². The second-order valence-corrected chi connectivity index (χ2v) is 5.17. The first-order valence-corrected chi connectivity index (χ1v) is 7.26. The molecular formula is C18H11N5O2. The number of benzene rings is 2. The predicted molar refractivity (Wildman–Crippen MR) is 93.9 cm³/mol. The van der Waals surface area contributed by atoms with Gasteiger partial charge in [0.1, 0.15) is 17.7 Å². The zero-order valence-corrected chi connectivity index (χ0v) is 12.9. The Hall–Kier alpha value is -4.10. The Morgan fingerprint density at radius 3 is 2.44 bits per heavy atom. The highest BCUT2D eigenvalue weighted by Gasteiger charge is 2.12. The normalized spacial score (nSPS) is 9.84. The van der Waals surface area contributed by atoms with E-state index in [-0.39, 0.29) is 11.3 Å². The highest BCUT2D eigenvalue weighted by atomic mass is 16.6. The van der Waals surface area contributed by atoms with Gasteiger partial charge in [-0.05, 0) is 24.3 Å². The fourth-order valence-electron chi connectivity index (χ4n) is 2.45. The van der Waals surface area contributed by atoms with Crippen molar-refractivity contribution in [3.63, 3.8) is 0 Å². The third-order valence-corrected chi connectivity index (χ3v) is 3.61. The van der Waals surface area contributed by atoms with Gasteiger partial charge in [-0.1, -0.05) is 18.2 Å². The summed E-state index contributed by atoms with van der Waals surface area (Å²) in [7, 11) is 0. The van der Waals surface area contributed by atoms with Crippen molar-refractivity contribution in [2.75, 3.05) is 5.32 Å². The quantitative estimate of drug-likeness (QED) is 0.421. The molecule has 0 amide bonds. The minimum Gasteiger partial charge on any atom is -0.353 e. The fraction of sp³-hybridized carbons (Fsp3) is 0. The van der Waals surface area contributed by atoms with Crippen molar-refractivity contribution < 1.29 is 4.92 Å². The first-order chi connectivity index (χ1) is 12.1. The zero-order valence-electron chi connectivity index (χ0n) is 12.9. The van der Waals surface area contributed by atoms with Gasteiger partial charge in [0.15, 0.2) is 0 Å². The van der Waals surface area contributed by atoms with Gasteiger partial charge in [0.2, 0.25) is 0 Å². The molecule has 7 nitrogen and oxygen atoms in total. The number of hydrogen-bond donors (Lipinski definition) is 2. The van der Waals surface area contributed by atoms with Gasteiger partial charge in [-0.15, -0.1) is 0 Å². The Morgan fingerprint density at radius 2 is 1.80 bits per heavy atom. The van der Waals surface area contributed by atoms with Crippen LogP contribution in [0.5, 0.6) is 0 Å². The van der Waals surface area contributed by atoms with E-state index in [1.54, 1.807) is 12.1 Å². The summed E-state index contributed by atoms with van der Waals surface area (Å²) in [4.78, 5) is 13.5. The number of nitrogens with zero attached hydrogens (tertiary/aromatic N) is 3. The van der Waals surface area contributed by atoms with Crippen LogP contribution in [0.15, 0.2) is 54.1 Å². The first kappa shape index (κ1) is 15.8. The van der Waals surface area contributed by atoms with E-state index < -0.39 is 4.92 Å². The van der Waals surface area contributed by atoms with Gasteiger partial charge >= 0.3 is 0 Å². The number of nitrogens with one attached hydrogen (secondary N) is 2. The Kier molecular flexibility index (Phi) is 4.15. The molecule has 0 radical (unpaired) electrons. The molecule has 7 heteroatoms. The number of hydrogen-bond acceptors (Lipinski definition) is 5. The van der Waals surface area contributed by atoms with Gasteiger partial charge in [0.25, 0.3) is 5.69 Å². The number of nitriles is 2. The van der Waals surface area contributed by atoms with E-state index >= 15 is 0 Å². The molecular weight excluding hydrogens is 318 g/mol. The number of fused-ring (bicyclic) bond motifs is 1. The van der Waals surface area contributed by atoms with E-state index in [1.807, 2.05) is 36.4 Å². The zero-order chi connectivity index (χ0) is 17.8. The number of aromatic nitrogens is 1.